The van der Waals surface area contributed by atoms with Gasteiger partial charge in [-0.1, -0.05) is 4.29 Å². The van der Waals surface area contributed by atoms with Gasteiger partial charge in [-0.2, -0.15) is 14.0 Å². The number of hydroxylamine groups is 1. The van der Waals surface area contributed by atoms with Gasteiger partial charge in [-0.05, 0) is 0 Å². The highest BCUT2D eigenvalue weighted by Crippen LogP contribution is 2.06. The topological polar surface area (TPSA) is 99.7 Å². The lowest BCUT2D eigenvalue weighted by molar-refractivity contribution is -1.92. The zero-order valence-electron chi connectivity index (χ0n) is 5.15. The molecule has 11 heavy (non-hydrogen) atoms. The fourth-order valence-corrected chi connectivity index (χ4v) is 0.752. The van der Waals surface area contributed by atoms with Gasteiger partial charge in [0.1, 0.15) is 16.5 Å². The zero-order chi connectivity index (χ0) is 8.32. The first kappa shape index (κ1) is 8.15. The molecule has 1 aliphatic rings. The first-order valence-electron chi connectivity index (χ1n) is 2.46. The Balaban J connectivity index is 2.49. The van der Waals surface area contributed by atoms with E-state index in [1.807, 2.05) is 0 Å². The summed E-state index contributed by atoms with van der Waals surface area (Å²) in [5.74, 6) is -0.132. The number of allylic oxidation sites excluding steroid dienone is 1. The van der Waals surface area contributed by atoms with Crippen LogP contribution in [0, 0.1) is 10.2 Å². The van der Waals surface area contributed by atoms with E-state index in [4.69, 9.17) is 0 Å². The molecule has 1 heterocycles. The van der Waals surface area contributed by atoms with Gasteiger partial charge in [-0.15, -0.1) is 0 Å². The molecule has 0 spiro atoms. The molecule has 0 fully saturated rings. The van der Waals surface area contributed by atoms with Crippen LogP contribution in [0.15, 0.2) is 24.3 Å². The first-order valence-corrected chi connectivity index (χ1v) is 3.69. The van der Waals surface area contributed by atoms with Crippen LogP contribution in [0.4, 0.5) is 0 Å². The molecule has 0 atom stereocenters. The highest BCUT2D eigenvalue weighted by molar-refractivity contribution is 5.09. The van der Waals surface area contributed by atoms with Crippen LogP contribution in [0.25, 0.3) is 0 Å². The van der Waals surface area contributed by atoms with Crippen LogP contribution in [0.2, 0.25) is 0 Å². The molecule has 0 amide bonds. The van der Waals surface area contributed by atoms with Crippen LogP contribution in [0.1, 0.15) is 0 Å². The van der Waals surface area contributed by atoms with Crippen molar-refractivity contribution in [2.24, 2.45) is 0 Å². The molecule has 0 saturated heterocycles. The van der Waals surface area contributed by atoms with Crippen LogP contribution in [-0.4, -0.2) is 0 Å². The summed E-state index contributed by atoms with van der Waals surface area (Å²) in [6.45, 7) is 0. The minimum atomic E-state index is -4.43. The molecular formula is C4H4ClNO5. The van der Waals surface area contributed by atoms with Crippen molar-refractivity contribution in [3.8, 4) is 0 Å². The van der Waals surface area contributed by atoms with Gasteiger partial charge in [-0.25, -0.2) is 5.48 Å². The second-order valence-corrected chi connectivity index (χ2v) is 2.45. The summed E-state index contributed by atoms with van der Waals surface area (Å²) in [4.78, 5) is 4.43. The summed E-state index contributed by atoms with van der Waals surface area (Å²) in [5, 5.41) is 0. The summed E-state index contributed by atoms with van der Waals surface area (Å²) in [5.41, 5.74) is 2.18. The van der Waals surface area contributed by atoms with E-state index in [1.165, 1.54) is 6.08 Å². The highest BCUT2D eigenvalue weighted by atomic mass is 35.7. The summed E-state index contributed by atoms with van der Waals surface area (Å²) in [6, 6.07) is 0. The van der Waals surface area contributed by atoms with Gasteiger partial charge in [0, 0.05) is 6.08 Å². The highest BCUT2D eigenvalue weighted by Gasteiger charge is 2.21. The monoisotopic (exact) mass is 181 g/mol. The normalized spacial score (nSPS) is 16.5. The molecule has 0 radical (unpaired) electrons. The molecule has 6 nitrogen and oxygen atoms in total. The predicted molar refractivity (Wildman–Crippen MR) is 22.5 cm³/mol. The quantitative estimate of drug-likeness (QED) is 0.481. The van der Waals surface area contributed by atoms with Crippen molar-refractivity contribution in [3.63, 3.8) is 0 Å². The smallest absolute Gasteiger partial charge is 0.310 e. The van der Waals surface area contributed by atoms with Crippen molar-refractivity contribution in [2.75, 3.05) is 0 Å². The van der Waals surface area contributed by atoms with Crippen molar-refractivity contribution in [2.45, 2.75) is 0 Å². The van der Waals surface area contributed by atoms with Gasteiger partial charge >= 0.3 is 5.76 Å². The van der Waals surface area contributed by atoms with Gasteiger partial charge in [0.05, 0.1) is 6.20 Å². The van der Waals surface area contributed by atoms with Gasteiger partial charge in [0.2, 0.25) is 0 Å². The van der Waals surface area contributed by atoms with Gasteiger partial charge in [0.25, 0.3) is 0 Å². The predicted octanol–water partition coefficient (Wildman–Crippen LogP) is -3.21. The number of halogens is 1. The molecule has 1 N–H and O–H groups in total. The molecule has 0 bridgehead atoms. The van der Waals surface area contributed by atoms with Crippen molar-refractivity contribution in [1.29, 1.82) is 0 Å². The largest absolute Gasteiger partial charge is 0.390 e. The molecule has 0 unspecified atom stereocenters. The van der Waals surface area contributed by atoms with Crippen LogP contribution < -0.4 is 19.5 Å². The van der Waals surface area contributed by atoms with Crippen molar-refractivity contribution in [3.05, 3.63) is 24.3 Å². The van der Waals surface area contributed by atoms with Crippen LogP contribution in [0.5, 0.6) is 0 Å². The van der Waals surface area contributed by atoms with Gasteiger partial charge in [0.15, 0.2) is 0 Å². The molecule has 7 heteroatoms. The van der Waals surface area contributed by atoms with E-state index >= 15 is 0 Å². The SMILES string of the molecule is [O-][Cl+3]([O-])([O-])OC1=CNOC=C1. The lowest BCUT2D eigenvalue weighted by atomic mass is 10.5. The lowest BCUT2D eigenvalue weighted by Gasteiger charge is -2.13. The average molecular weight is 182 g/mol. The molecule has 62 valence electrons. The molecular weight excluding hydrogens is 177 g/mol. The Hall–Kier alpha value is -0.950. The Kier molecular flexibility index (Phi) is 2.20. The minimum Gasteiger partial charge on any atom is -0.390 e. The maximum absolute atomic E-state index is 9.95. The molecule has 0 aliphatic carbocycles. The second kappa shape index (κ2) is 2.97. The van der Waals surface area contributed by atoms with Gasteiger partial charge in [-0.3, -0.25) is 0 Å². The Bertz CT molecular complexity index is 195. The third-order valence-corrected chi connectivity index (χ3v) is 1.12. The summed E-state index contributed by atoms with van der Waals surface area (Å²) in [6.07, 6.45) is 3.40. The van der Waals surface area contributed by atoms with Crippen molar-refractivity contribution >= 4 is 0 Å². The average Bonchev–Trinajstić information content (AvgIpc) is 1.85. The van der Waals surface area contributed by atoms with Gasteiger partial charge < -0.3 is 4.84 Å². The zero-order valence-corrected chi connectivity index (χ0v) is 5.91. The lowest BCUT2D eigenvalue weighted by Crippen LogP contribution is -2.60. The molecule has 1 rings (SSSR count). The number of nitrogens with one attached hydrogen (secondary N) is 1. The minimum absolute atomic E-state index is 0.132. The van der Waals surface area contributed by atoms with E-state index in [0.717, 1.165) is 12.5 Å². The Morgan fingerprint density at radius 2 is 2.18 bits per heavy atom. The molecule has 0 aromatic carbocycles. The van der Waals surface area contributed by atoms with Crippen LogP contribution in [-0.2, 0) is 9.13 Å². The Morgan fingerprint density at radius 3 is 2.64 bits per heavy atom. The molecule has 0 saturated carbocycles. The van der Waals surface area contributed by atoms with Crippen molar-refractivity contribution < 1.29 is 33.3 Å². The third kappa shape index (κ3) is 3.10. The summed E-state index contributed by atoms with van der Waals surface area (Å²) in [7, 11) is -4.43. The van der Waals surface area contributed by atoms with Crippen molar-refractivity contribution in [1.82, 2.24) is 5.48 Å². The van der Waals surface area contributed by atoms with E-state index < -0.39 is 10.2 Å². The third-order valence-electron chi connectivity index (χ3n) is 0.753. The van der Waals surface area contributed by atoms with Crippen LogP contribution >= 0.6 is 0 Å². The standard InChI is InChI=1S/C4H4ClNO5/c7-5(8,9)11-4-1-2-10-6-3-4/h1-3,6H. The number of hydrogen-bond acceptors (Lipinski definition) is 6. The number of hydrogen-bond donors (Lipinski definition) is 1. The Labute approximate surface area is 64.0 Å². The summed E-state index contributed by atoms with van der Waals surface area (Å²) >= 11 is 0. The number of rotatable bonds is 2. The van der Waals surface area contributed by atoms with E-state index in [-0.39, 0.29) is 5.76 Å². The van der Waals surface area contributed by atoms with Crippen LogP contribution in [0.3, 0.4) is 0 Å². The maximum atomic E-state index is 9.95. The molecule has 1 aliphatic heterocycles. The maximum Gasteiger partial charge on any atom is 0.310 e. The second-order valence-electron chi connectivity index (χ2n) is 1.54. The molecule has 0 aromatic heterocycles. The fourth-order valence-electron chi connectivity index (χ4n) is 0.438. The van der Waals surface area contributed by atoms with E-state index in [2.05, 4.69) is 14.6 Å². The fraction of sp³-hybridized carbons (Fsp3) is 0. The summed E-state index contributed by atoms with van der Waals surface area (Å²) < 4.78 is 33.8. The first-order chi connectivity index (χ1) is 5.08. The molecule has 0 aromatic rings. The van der Waals surface area contributed by atoms with E-state index in [0.29, 0.717) is 0 Å². The Morgan fingerprint density at radius 1 is 1.45 bits per heavy atom. The van der Waals surface area contributed by atoms with E-state index in [1.54, 1.807) is 0 Å². The van der Waals surface area contributed by atoms with E-state index in [9.17, 15) is 14.0 Å².